The van der Waals surface area contributed by atoms with Gasteiger partial charge in [0, 0.05) is 12.6 Å². The number of anilines is 1. The molecule has 3 rings (SSSR count). The van der Waals surface area contributed by atoms with Crippen molar-refractivity contribution in [3.63, 3.8) is 0 Å². The first-order chi connectivity index (χ1) is 10.2. The molecule has 8 heteroatoms. The van der Waals surface area contributed by atoms with Crippen molar-refractivity contribution in [2.75, 3.05) is 12.4 Å². The van der Waals surface area contributed by atoms with E-state index in [1.54, 1.807) is 37.5 Å². The molecule has 3 aromatic rings. The summed E-state index contributed by atoms with van der Waals surface area (Å²) in [4.78, 5) is 19.5. The largest absolute Gasteiger partial charge is 0.438 e. The number of nitrogens with zero attached hydrogens (tertiary/aromatic N) is 3. The highest BCUT2D eigenvalue weighted by Gasteiger charge is 2.11. The van der Waals surface area contributed by atoms with Gasteiger partial charge in [0.05, 0.1) is 6.20 Å². The van der Waals surface area contributed by atoms with E-state index in [1.807, 2.05) is 0 Å². The van der Waals surface area contributed by atoms with Crippen LogP contribution in [0, 0.1) is 0 Å². The van der Waals surface area contributed by atoms with Crippen LogP contribution in [0.2, 0.25) is 0 Å². The van der Waals surface area contributed by atoms with Gasteiger partial charge in [0.15, 0.2) is 5.65 Å². The number of carbonyl (C=O) groups is 1. The predicted molar refractivity (Wildman–Crippen MR) is 76.3 cm³/mol. The first kappa shape index (κ1) is 12.9. The summed E-state index contributed by atoms with van der Waals surface area (Å²) >= 11 is 0. The second kappa shape index (κ2) is 5.08. The third kappa shape index (κ3) is 2.46. The third-order valence-corrected chi connectivity index (χ3v) is 2.85. The lowest BCUT2D eigenvalue weighted by Gasteiger charge is -2.07. The number of H-pyrrole nitrogens is 1. The fraction of sp³-hybridized carbons (Fsp3) is 0.0769. The van der Waals surface area contributed by atoms with E-state index < -0.39 is 5.91 Å². The molecule has 0 bridgehead atoms. The monoisotopic (exact) mass is 284 g/mol. The second-order valence-corrected chi connectivity index (χ2v) is 4.23. The van der Waals surface area contributed by atoms with Crippen molar-refractivity contribution in [2.45, 2.75) is 0 Å². The Balaban J connectivity index is 1.97. The van der Waals surface area contributed by atoms with Crippen molar-refractivity contribution in [3.8, 4) is 11.6 Å². The Hall–Kier alpha value is -3.16. The van der Waals surface area contributed by atoms with E-state index in [9.17, 15) is 4.79 Å². The minimum Gasteiger partial charge on any atom is -0.438 e. The summed E-state index contributed by atoms with van der Waals surface area (Å²) < 4.78 is 5.72. The summed E-state index contributed by atoms with van der Waals surface area (Å²) in [5, 5.41) is 10.2. The average Bonchev–Trinajstić information content (AvgIpc) is 2.96. The molecule has 0 aliphatic carbocycles. The van der Waals surface area contributed by atoms with Crippen LogP contribution in [0.5, 0.6) is 11.6 Å². The quantitative estimate of drug-likeness (QED) is 0.664. The van der Waals surface area contributed by atoms with E-state index >= 15 is 0 Å². The third-order valence-electron chi connectivity index (χ3n) is 2.85. The van der Waals surface area contributed by atoms with Crippen molar-refractivity contribution in [1.82, 2.24) is 20.2 Å². The number of rotatable bonds is 4. The molecule has 4 N–H and O–H groups in total. The van der Waals surface area contributed by atoms with E-state index in [2.05, 4.69) is 25.5 Å². The van der Waals surface area contributed by atoms with Crippen LogP contribution >= 0.6 is 0 Å². The number of primary amides is 1. The number of benzene rings is 1. The van der Waals surface area contributed by atoms with E-state index in [-0.39, 0.29) is 0 Å². The normalized spacial score (nSPS) is 10.5. The average molecular weight is 284 g/mol. The van der Waals surface area contributed by atoms with Gasteiger partial charge in [-0.05, 0) is 24.3 Å². The summed E-state index contributed by atoms with van der Waals surface area (Å²) in [6.45, 7) is 0. The Labute approximate surface area is 119 Å². The van der Waals surface area contributed by atoms with Crippen LogP contribution in [0.25, 0.3) is 11.0 Å². The maximum Gasteiger partial charge on any atom is 0.248 e. The van der Waals surface area contributed by atoms with Gasteiger partial charge >= 0.3 is 0 Å². The molecule has 0 aliphatic heterocycles. The molecule has 0 saturated heterocycles. The summed E-state index contributed by atoms with van der Waals surface area (Å²) in [7, 11) is 1.71. The molecule has 0 aliphatic rings. The van der Waals surface area contributed by atoms with Crippen LogP contribution in [0.15, 0.2) is 30.5 Å². The number of aromatic nitrogens is 4. The van der Waals surface area contributed by atoms with Crippen LogP contribution < -0.4 is 15.8 Å². The number of fused-ring (bicyclic) bond motifs is 1. The minimum atomic E-state index is -0.488. The van der Waals surface area contributed by atoms with Gasteiger partial charge < -0.3 is 15.8 Å². The zero-order valence-electron chi connectivity index (χ0n) is 11.1. The van der Waals surface area contributed by atoms with Crippen molar-refractivity contribution in [2.24, 2.45) is 5.73 Å². The molecule has 2 heterocycles. The smallest absolute Gasteiger partial charge is 0.248 e. The highest BCUT2D eigenvalue weighted by molar-refractivity contribution is 5.92. The number of amides is 1. The Bertz CT molecular complexity index is 796. The Morgan fingerprint density at radius 1 is 1.29 bits per heavy atom. The zero-order chi connectivity index (χ0) is 14.8. The molecular formula is C13H12N6O2. The maximum absolute atomic E-state index is 11.0. The summed E-state index contributed by atoms with van der Waals surface area (Å²) in [6, 6.07) is 6.47. The molecule has 0 fully saturated rings. The number of hydrogen-bond donors (Lipinski definition) is 3. The predicted octanol–water partition coefficient (Wildman–Crippen LogP) is 1.29. The molecule has 0 atom stereocenters. The summed E-state index contributed by atoms with van der Waals surface area (Å²) in [5.41, 5.74) is 6.17. The zero-order valence-corrected chi connectivity index (χ0v) is 11.1. The first-order valence-electron chi connectivity index (χ1n) is 6.14. The van der Waals surface area contributed by atoms with Gasteiger partial charge in [0.1, 0.15) is 11.1 Å². The van der Waals surface area contributed by atoms with Crippen LogP contribution in [-0.4, -0.2) is 33.1 Å². The van der Waals surface area contributed by atoms with Gasteiger partial charge in [-0.2, -0.15) is 15.1 Å². The van der Waals surface area contributed by atoms with Crippen LogP contribution in [0.4, 0.5) is 5.95 Å². The standard InChI is InChI=1S/C13H12N6O2/c1-15-13-17-11-9(6-16-19-11)12(18-13)21-8-4-2-7(3-5-8)10(14)20/h2-6H,1H3,(H2,14,20)(H2,15,16,17,18,19). The fourth-order valence-corrected chi connectivity index (χ4v) is 1.80. The Morgan fingerprint density at radius 2 is 2.05 bits per heavy atom. The first-order valence-corrected chi connectivity index (χ1v) is 6.14. The number of nitrogens with two attached hydrogens (primary N) is 1. The lowest BCUT2D eigenvalue weighted by atomic mass is 10.2. The number of carbonyl (C=O) groups excluding carboxylic acids is 1. The topological polar surface area (TPSA) is 119 Å². The number of nitrogens with one attached hydrogen (secondary N) is 2. The van der Waals surface area contributed by atoms with E-state index in [0.717, 1.165) is 0 Å². The molecule has 106 valence electrons. The van der Waals surface area contributed by atoms with Gasteiger partial charge in [-0.15, -0.1) is 0 Å². The van der Waals surface area contributed by atoms with Gasteiger partial charge in [0.25, 0.3) is 0 Å². The van der Waals surface area contributed by atoms with Gasteiger partial charge in [-0.1, -0.05) is 0 Å². The van der Waals surface area contributed by atoms with Gasteiger partial charge in [-0.3, -0.25) is 9.89 Å². The lowest BCUT2D eigenvalue weighted by Crippen LogP contribution is -2.10. The SMILES string of the molecule is CNc1nc(Oc2ccc(C(N)=O)cc2)c2cn[nH]c2n1. The highest BCUT2D eigenvalue weighted by Crippen LogP contribution is 2.27. The molecule has 8 nitrogen and oxygen atoms in total. The van der Waals surface area contributed by atoms with E-state index in [4.69, 9.17) is 10.5 Å². The number of hydrogen-bond acceptors (Lipinski definition) is 6. The summed E-state index contributed by atoms with van der Waals surface area (Å²) in [6.07, 6.45) is 1.59. The highest BCUT2D eigenvalue weighted by atomic mass is 16.5. The maximum atomic E-state index is 11.0. The molecule has 21 heavy (non-hydrogen) atoms. The van der Waals surface area contributed by atoms with Crippen LogP contribution in [0.3, 0.4) is 0 Å². The minimum absolute atomic E-state index is 0.366. The molecule has 1 aromatic carbocycles. The molecule has 1 amide bonds. The fourth-order valence-electron chi connectivity index (χ4n) is 1.80. The molecule has 0 spiro atoms. The van der Waals surface area contributed by atoms with Crippen LogP contribution in [-0.2, 0) is 0 Å². The Kier molecular flexibility index (Phi) is 3.11. The molecule has 0 radical (unpaired) electrons. The van der Waals surface area contributed by atoms with Crippen molar-refractivity contribution >= 4 is 22.9 Å². The van der Waals surface area contributed by atoms with Gasteiger partial charge in [0.2, 0.25) is 17.7 Å². The molecule has 0 unspecified atom stereocenters. The molecule has 0 saturated carbocycles. The van der Waals surface area contributed by atoms with Gasteiger partial charge in [-0.25, -0.2) is 0 Å². The lowest BCUT2D eigenvalue weighted by molar-refractivity contribution is 0.100. The summed E-state index contributed by atoms with van der Waals surface area (Å²) in [5.74, 6) is 0.821. The van der Waals surface area contributed by atoms with Crippen molar-refractivity contribution in [3.05, 3.63) is 36.0 Å². The Morgan fingerprint density at radius 3 is 2.71 bits per heavy atom. The van der Waals surface area contributed by atoms with E-state index in [0.29, 0.717) is 34.2 Å². The molecule has 2 aromatic heterocycles. The molecular weight excluding hydrogens is 272 g/mol. The van der Waals surface area contributed by atoms with Crippen molar-refractivity contribution < 1.29 is 9.53 Å². The number of aromatic amines is 1. The van der Waals surface area contributed by atoms with E-state index in [1.165, 1.54) is 0 Å². The van der Waals surface area contributed by atoms with Crippen LogP contribution in [0.1, 0.15) is 10.4 Å². The number of ether oxygens (including phenoxy) is 1. The van der Waals surface area contributed by atoms with Crippen molar-refractivity contribution in [1.29, 1.82) is 0 Å². The second-order valence-electron chi connectivity index (χ2n) is 4.23.